The fraction of sp³-hybridized carbons (Fsp3) is 0.579. The number of aliphatic hydroxyl groups is 1. The van der Waals surface area contributed by atoms with E-state index in [1.54, 1.807) is 7.11 Å². The SMILES string of the molecule is COc1ccc2c(CCCCCCCCCCO)c[nH]c2c1. The zero-order valence-electron chi connectivity index (χ0n) is 13.7. The van der Waals surface area contributed by atoms with Gasteiger partial charge in [-0.15, -0.1) is 0 Å². The number of benzene rings is 1. The van der Waals surface area contributed by atoms with Gasteiger partial charge in [-0.05, 0) is 37.0 Å². The number of fused-ring (bicyclic) bond motifs is 1. The molecule has 0 aliphatic carbocycles. The third-order valence-corrected chi connectivity index (χ3v) is 4.33. The lowest BCUT2D eigenvalue weighted by atomic mass is 10.0. The average Bonchev–Trinajstić information content (AvgIpc) is 2.95. The minimum atomic E-state index is 0.344. The molecule has 1 aromatic carbocycles. The van der Waals surface area contributed by atoms with Crippen molar-refractivity contribution in [3.63, 3.8) is 0 Å². The van der Waals surface area contributed by atoms with Crippen LogP contribution in [0, 0.1) is 0 Å². The highest BCUT2D eigenvalue weighted by atomic mass is 16.5. The first-order valence-electron chi connectivity index (χ1n) is 8.60. The third-order valence-electron chi connectivity index (χ3n) is 4.33. The summed E-state index contributed by atoms with van der Waals surface area (Å²) in [5, 5.41) is 10.0. The Morgan fingerprint density at radius 2 is 1.64 bits per heavy atom. The summed E-state index contributed by atoms with van der Waals surface area (Å²) in [4.78, 5) is 3.34. The van der Waals surface area contributed by atoms with Crippen LogP contribution in [-0.4, -0.2) is 23.8 Å². The maximum atomic E-state index is 8.72. The van der Waals surface area contributed by atoms with Crippen LogP contribution in [0.5, 0.6) is 5.75 Å². The highest BCUT2D eigenvalue weighted by Crippen LogP contribution is 2.24. The molecule has 0 bridgehead atoms. The van der Waals surface area contributed by atoms with E-state index >= 15 is 0 Å². The van der Waals surface area contributed by atoms with Gasteiger partial charge in [0.05, 0.1) is 7.11 Å². The van der Waals surface area contributed by atoms with Crippen LogP contribution < -0.4 is 4.74 Å². The molecule has 0 atom stereocenters. The van der Waals surface area contributed by atoms with Gasteiger partial charge in [0.1, 0.15) is 5.75 Å². The van der Waals surface area contributed by atoms with Crippen LogP contribution in [0.4, 0.5) is 0 Å². The third kappa shape index (κ3) is 5.06. The molecule has 1 heterocycles. The standard InChI is InChI=1S/C19H29NO2/c1-22-17-11-12-18-16(15-20-19(18)14-17)10-8-6-4-2-3-5-7-9-13-21/h11-12,14-15,20-21H,2-10,13H2,1H3. The lowest BCUT2D eigenvalue weighted by molar-refractivity contribution is 0.282. The molecule has 1 aromatic heterocycles. The number of aryl methyl sites for hydroxylation is 1. The number of aromatic amines is 1. The Bertz CT molecular complexity index is 547. The van der Waals surface area contributed by atoms with Gasteiger partial charge >= 0.3 is 0 Å². The summed E-state index contributed by atoms with van der Waals surface area (Å²) >= 11 is 0. The number of nitrogens with one attached hydrogen (secondary N) is 1. The summed E-state index contributed by atoms with van der Waals surface area (Å²) in [6.07, 6.45) is 13.2. The molecular formula is C19H29NO2. The zero-order valence-corrected chi connectivity index (χ0v) is 13.7. The van der Waals surface area contributed by atoms with Crippen LogP contribution in [0.25, 0.3) is 10.9 Å². The van der Waals surface area contributed by atoms with Crippen molar-refractivity contribution in [2.45, 2.75) is 57.8 Å². The lowest BCUT2D eigenvalue weighted by Crippen LogP contribution is -1.87. The molecule has 0 spiro atoms. The minimum Gasteiger partial charge on any atom is -0.497 e. The largest absolute Gasteiger partial charge is 0.497 e. The number of H-pyrrole nitrogens is 1. The topological polar surface area (TPSA) is 45.2 Å². The Balaban J connectivity index is 1.65. The molecule has 0 fully saturated rings. The number of aliphatic hydroxyl groups excluding tert-OH is 1. The zero-order chi connectivity index (χ0) is 15.6. The highest BCUT2D eigenvalue weighted by molar-refractivity contribution is 5.84. The van der Waals surface area contributed by atoms with Gasteiger partial charge in [-0.2, -0.15) is 0 Å². The monoisotopic (exact) mass is 303 g/mol. The fourth-order valence-corrected chi connectivity index (χ4v) is 2.99. The van der Waals surface area contributed by atoms with Crippen molar-refractivity contribution in [1.82, 2.24) is 4.98 Å². The van der Waals surface area contributed by atoms with E-state index in [2.05, 4.69) is 23.3 Å². The van der Waals surface area contributed by atoms with Crippen molar-refractivity contribution in [2.24, 2.45) is 0 Å². The summed E-state index contributed by atoms with van der Waals surface area (Å²) < 4.78 is 5.26. The predicted octanol–water partition coefficient (Wildman–Crippen LogP) is 4.83. The normalized spacial score (nSPS) is 11.2. The second-order valence-electron chi connectivity index (χ2n) is 6.03. The van der Waals surface area contributed by atoms with Gasteiger partial charge in [0.2, 0.25) is 0 Å². The predicted molar refractivity (Wildman–Crippen MR) is 92.6 cm³/mol. The molecule has 0 saturated heterocycles. The first-order chi connectivity index (χ1) is 10.8. The van der Waals surface area contributed by atoms with Crippen molar-refractivity contribution in [2.75, 3.05) is 13.7 Å². The van der Waals surface area contributed by atoms with Crippen molar-refractivity contribution in [3.8, 4) is 5.75 Å². The van der Waals surface area contributed by atoms with Crippen LogP contribution in [0.1, 0.15) is 56.9 Å². The molecular weight excluding hydrogens is 274 g/mol. The van der Waals surface area contributed by atoms with Gasteiger partial charge in [-0.3, -0.25) is 0 Å². The van der Waals surface area contributed by atoms with Gasteiger partial charge in [0.25, 0.3) is 0 Å². The van der Waals surface area contributed by atoms with Crippen LogP contribution in [0.2, 0.25) is 0 Å². The van der Waals surface area contributed by atoms with Crippen molar-refractivity contribution < 1.29 is 9.84 Å². The first kappa shape index (κ1) is 16.9. The summed E-state index contributed by atoms with van der Waals surface area (Å²) in [6.45, 7) is 0.344. The molecule has 0 aliphatic heterocycles. The van der Waals surface area contributed by atoms with E-state index in [1.807, 2.05) is 6.07 Å². The van der Waals surface area contributed by atoms with Crippen molar-refractivity contribution >= 4 is 10.9 Å². The molecule has 0 saturated carbocycles. The second-order valence-corrected chi connectivity index (χ2v) is 6.03. The quantitative estimate of drug-likeness (QED) is 0.584. The fourth-order valence-electron chi connectivity index (χ4n) is 2.99. The second kappa shape index (κ2) is 9.52. The molecule has 0 amide bonds. The smallest absolute Gasteiger partial charge is 0.120 e. The van der Waals surface area contributed by atoms with E-state index in [4.69, 9.17) is 9.84 Å². The van der Waals surface area contributed by atoms with Gasteiger partial charge in [0, 0.05) is 29.8 Å². The minimum absolute atomic E-state index is 0.344. The van der Waals surface area contributed by atoms with E-state index in [0.717, 1.165) is 18.6 Å². The number of methoxy groups -OCH3 is 1. The Kier molecular flexibility index (Phi) is 7.31. The van der Waals surface area contributed by atoms with Gasteiger partial charge in [-0.25, -0.2) is 0 Å². The van der Waals surface area contributed by atoms with Crippen LogP contribution in [-0.2, 0) is 6.42 Å². The Morgan fingerprint density at radius 3 is 2.32 bits per heavy atom. The van der Waals surface area contributed by atoms with E-state index in [9.17, 15) is 0 Å². The highest BCUT2D eigenvalue weighted by Gasteiger charge is 2.04. The van der Waals surface area contributed by atoms with Crippen molar-refractivity contribution in [3.05, 3.63) is 30.0 Å². The molecule has 0 aliphatic rings. The van der Waals surface area contributed by atoms with E-state index in [-0.39, 0.29) is 0 Å². The van der Waals surface area contributed by atoms with Gasteiger partial charge in [-0.1, -0.05) is 38.5 Å². The number of ether oxygens (including phenoxy) is 1. The summed E-state index contributed by atoms with van der Waals surface area (Å²) in [5.41, 5.74) is 2.58. The molecule has 2 aromatic rings. The van der Waals surface area contributed by atoms with E-state index in [0.29, 0.717) is 6.61 Å². The van der Waals surface area contributed by atoms with Gasteiger partial charge in [0.15, 0.2) is 0 Å². The maximum absolute atomic E-state index is 8.72. The molecule has 2 rings (SSSR count). The molecule has 0 radical (unpaired) electrons. The number of rotatable bonds is 11. The van der Waals surface area contributed by atoms with Crippen LogP contribution in [0.3, 0.4) is 0 Å². The Hall–Kier alpha value is -1.48. The Morgan fingerprint density at radius 1 is 0.955 bits per heavy atom. The summed E-state index contributed by atoms with van der Waals surface area (Å²) in [6, 6.07) is 6.25. The Labute approximate surface area is 133 Å². The van der Waals surface area contributed by atoms with Crippen molar-refractivity contribution in [1.29, 1.82) is 0 Å². The summed E-state index contributed by atoms with van der Waals surface area (Å²) in [7, 11) is 1.70. The average molecular weight is 303 g/mol. The van der Waals surface area contributed by atoms with Crippen LogP contribution in [0.15, 0.2) is 24.4 Å². The van der Waals surface area contributed by atoms with Crippen LogP contribution >= 0.6 is 0 Å². The molecule has 3 nitrogen and oxygen atoms in total. The number of unbranched alkanes of at least 4 members (excludes halogenated alkanes) is 7. The summed E-state index contributed by atoms with van der Waals surface area (Å²) in [5.74, 6) is 0.905. The molecule has 0 unspecified atom stereocenters. The molecule has 122 valence electrons. The first-order valence-corrected chi connectivity index (χ1v) is 8.60. The number of hydrogen-bond donors (Lipinski definition) is 2. The van der Waals surface area contributed by atoms with E-state index in [1.165, 1.54) is 61.4 Å². The maximum Gasteiger partial charge on any atom is 0.120 e. The molecule has 3 heteroatoms. The lowest BCUT2D eigenvalue weighted by Gasteiger charge is -2.03. The number of aromatic nitrogens is 1. The molecule has 22 heavy (non-hydrogen) atoms. The number of hydrogen-bond acceptors (Lipinski definition) is 2. The van der Waals surface area contributed by atoms with E-state index < -0.39 is 0 Å². The molecule has 2 N–H and O–H groups in total. The van der Waals surface area contributed by atoms with Gasteiger partial charge < -0.3 is 14.8 Å².